The molecule has 0 aliphatic heterocycles. The van der Waals surface area contributed by atoms with Crippen molar-refractivity contribution in [2.24, 2.45) is 0 Å². The maximum atomic E-state index is 12.7. The molecule has 1 aliphatic carbocycles. The first-order chi connectivity index (χ1) is 14.6. The van der Waals surface area contributed by atoms with Gasteiger partial charge in [-0.3, -0.25) is 10.1 Å². The van der Waals surface area contributed by atoms with Crippen molar-refractivity contribution in [1.82, 2.24) is 5.32 Å². The van der Waals surface area contributed by atoms with Gasteiger partial charge in [0.05, 0.1) is 0 Å². The van der Waals surface area contributed by atoms with Crippen LogP contribution in [-0.2, 0) is 17.8 Å². The van der Waals surface area contributed by atoms with Gasteiger partial charge in [0.25, 0.3) is 5.91 Å². The van der Waals surface area contributed by atoms with E-state index in [0.29, 0.717) is 13.0 Å². The van der Waals surface area contributed by atoms with Crippen molar-refractivity contribution in [2.45, 2.75) is 20.0 Å². The number of amides is 1. The van der Waals surface area contributed by atoms with Gasteiger partial charge in [0, 0.05) is 23.7 Å². The lowest BCUT2D eigenvalue weighted by Crippen LogP contribution is -2.35. The zero-order chi connectivity index (χ0) is 20.9. The molecule has 1 aliphatic rings. The number of carbonyl (C=O) groups excluding carboxylic acids is 1. The fraction of sp³-hybridized carbons (Fsp3) is 0.120. The summed E-state index contributed by atoms with van der Waals surface area (Å²) in [7, 11) is 0. The highest BCUT2D eigenvalue weighted by atomic mass is 32.1. The second kappa shape index (κ2) is 8.93. The fourth-order valence-electron chi connectivity index (χ4n) is 3.52. The summed E-state index contributed by atoms with van der Waals surface area (Å²) in [5, 5.41) is 6.12. The maximum Gasteiger partial charge on any atom is 0.253 e. The zero-order valence-electron chi connectivity index (χ0n) is 16.6. The molecule has 150 valence electrons. The highest BCUT2D eigenvalue weighted by Gasteiger charge is 2.23. The van der Waals surface area contributed by atoms with Crippen molar-refractivity contribution >= 4 is 34.5 Å². The summed E-state index contributed by atoms with van der Waals surface area (Å²) in [5.41, 5.74) is 5.90. The Kier molecular flexibility index (Phi) is 5.91. The number of ether oxygens (including phenoxy) is 1. The highest BCUT2D eigenvalue weighted by molar-refractivity contribution is 7.80. The molecule has 0 unspecified atom stereocenters. The van der Waals surface area contributed by atoms with Crippen LogP contribution in [-0.4, -0.2) is 11.0 Å². The molecule has 0 saturated heterocycles. The van der Waals surface area contributed by atoms with E-state index in [9.17, 15) is 4.79 Å². The average molecular weight is 415 g/mol. The largest absolute Gasteiger partial charge is 0.489 e. The molecule has 3 aromatic carbocycles. The summed E-state index contributed by atoms with van der Waals surface area (Å²) >= 11 is 5.35. The molecule has 1 amide bonds. The van der Waals surface area contributed by atoms with Crippen LogP contribution in [0.1, 0.15) is 23.6 Å². The standard InChI is InChI=1S/C25H22N2O2S/c1-17-22-13-6-5-10-19(22)14-23(17)24(28)27-25(30)26-20-11-7-12-21(15-20)29-16-18-8-3-2-4-9-18/h2-13,15H,14,16H2,1H3,(H2,26,27,28,30). The third-order valence-corrected chi connectivity index (χ3v) is 5.29. The summed E-state index contributed by atoms with van der Waals surface area (Å²) in [6.07, 6.45) is 0.624. The number of benzene rings is 3. The second-order valence-electron chi connectivity index (χ2n) is 7.15. The molecule has 0 radical (unpaired) electrons. The van der Waals surface area contributed by atoms with Crippen LogP contribution >= 0.6 is 12.2 Å². The Morgan fingerprint density at radius 2 is 1.77 bits per heavy atom. The minimum atomic E-state index is -0.169. The number of carbonyl (C=O) groups is 1. The van der Waals surface area contributed by atoms with Gasteiger partial charge in [-0.1, -0.05) is 60.7 Å². The van der Waals surface area contributed by atoms with E-state index < -0.39 is 0 Å². The molecule has 30 heavy (non-hydrogen) atoms. The molecule has 0 aromatic heterocycles. The van der Waals surface area contributed by atoms with E-state index in [-0.39, 0.29) is 11.0 Å². The highest BCUT2D eigenvalue weighted by Crippen LogP contribution is 2.32. The van der Waals surface area contributed by atoms with Gasteiger partial charge in [-0.05, 0) is 53.5 Å². The molecule has 4 nitrogen and oxygen atoms in total. The SMILES string of the molecule is CC1=C(C(=O)NC(=S)Nc2cccc(OCc3ccccc3)c2)Cc2ccccc21. The molecule has 4 rings (SSSR count). The van der Waals surface area contributed by atoms with E-state index in [1.165, 1.54) is 5.56 Å². The van der Waals surface area contributed by atoms with Crippen molar-refractivity contribution < 1.29 is 9.53 Å². The summed E-state index contributed by atoms with van der Waals surface area (Å²) in [6, 6.07) is 25.6. The quantitative estimate of drug-likeness (QED) is 0.570. The number of rotatable bonds is 5. The van der Waals surface area contributed by atoms with Gasteiger partial charge in [-0.2, -0.15) is 0 Å². The van der Waals surface area contributed by atoms with E-state index >= 15 is 0 Å². The third-order valence-electron chi connectivity index (χ3n) is 5.08. The predicted octanol–water partition coefficient (Wildman–Crippen LogP) is 5.11. The van der Waals surface area contributed by atoms with E-state index in [2.05, 4.69) is 16.7 Å². The average Bonchev–Trinajstić information content (AvgIpc) is 3.10. The smallest absolute Gasteiger partial charge is 0.253 e. The molecule has 3 aromatic rings. The fourth-order valence-corrected chi connectivity index (χ4v) is 3.73. The van der Waals surface area contributed by atoms with Gasteiger partial charge in [-0.25, -0.2) is 0 Å². The van der Waals surface area contributed by atoms with Gasteiger partial charge in [0.15, 0.2) is 5.11 Å². The van der Waals surface area contributed by atoms with Gasteiger partial charge in [-0.15, -0.1) is 0 Å². The van der Waals surface area contributed by atoms with Gasteiger partial charge >= 0.3 is 0 Å². The number of anilines is 1. The molecule has 0 atom stereocenters. The van der Waals surface area contributed by atoms with Crippen LogP contribution in [0.4, 0.5) is 5.69 Å². The number of thiocarbonyl (C=S) groups is 1. The summed E-state index contributed by atoms with van der Waals surface area (Å²) in [5.74, 6) is 0.556. The van der Waals surface area contributed by atoms with Crippen LogP contribution in [0.15, 0.2) is 84.4 Å². The summed E-state index contributed by atoms with van der Waals surface area (Å²) in [6.45, 7) is 2.46. The lowest BCUT2D eigenvalue weighted by molar-refractivity contribution is -0.116. The lowest BCUT2D eigenvalue weighted by atomic mass is 10.1. The third kappa shape index (κ3) is 4.58. The molecule has 0 saturated carbocycles. The Bertz CT molecular complexity index is 1120. The summed E-state index contributed by atoms with van der Waals surface area (Å²) < 4.78 is 5.85. The van der Waals surface area contributed by atoms with Crippen LogP contribution < -0.4 is 15.4 Å². The first-order valence-electron chi connectivity index (χ1n) is 9.77. The van der Waals surface area contributed by atoms with E-state index in [1.807, 2.05) is 79.7 Å². The molecule has 0 fully saturated rings. The van der Waals surface area contributed by atoms with Crippen molar-refractivity contribution in [3.63, 3.8) is 0 Å². The Morgan fingerprint density at radius 3 is 2.57 bits per heavy atom. The molecule has 0 spiro atoms. The van der Waals surface area contributed by atoms with Crippen molar-refractivity contribution in [1.29, 1.82) is 0 Å². The molecular formula is C25H22N2O2S. The zero-order valence-corrected chi connectivity index (χ0v) is 17.5. The Hall–Kier alpha value is -3.44. The van der Waals surface area contributed by atoms with Gasteiger partial charge in [0.2, 0.25) is 0 Å². The number of allylic oxidation sites excluding steroid dienone is 1. The minimum absolute atomic E-state index is 0.169. The van der Waals surface area contributed by atoms with E-state index in [4.69, 9.17) is 17.0 Å². The molecular weight excluding hydrogens is 392 g/mol. The number of hydrogen-bond acceptors (Lipinski definition) is 3. The number of nitrogens with one attached hydrogen (secondary N) is 2. The van der Waals surface area contributed by atoms with Crippen LogP contribution in [0.2, 0.25) is 0 Å². The van der Waals surface area contributed by atoms with Crippen molar-refractivity contribution in [3.05, 3.63) is 101 Å². The van der Waals surface area contributed by atoms with Crippen molar-refractivity contribution in [2.75, 3.05) is 5.32 Å². The predicted molar refractivity (Wildman–Crippen MR) is 124 cm³/mol. The molecule has 2 N–H and O–H groups in total. The normalized spacial score (nSPS) is 12.3. The summed E-state index contributed by atoms with van der Waals surface area (Å²) in [4.78, 5) is 12.7. The Labute approximate surface area is 181 Å². The van der Waals surface area contributed by atoms with Crippen molar-refractivity contribution in [3.8, 4) is 5.75 Å². The van der Waals surface area contributed by atoms with Gasteiger partial charge in [0.1, 0.15) is 12.4 Å². The van der Waals surface area contributed by atoms with Crippen LogP contribution in [0, 0.1) is 0 Å². The van der Waals surface area contributed by atoms with E-state index in [0.717, 1.165) is 33.7 Å². The first kappa shape index (κ1) is 19.9. The maximum absolute atomic E-state index is 12.7. The lowest BCUT2D eigenvalue weighted by Gasteiger charge is -2.12. The molecule has 5 heteroatoms. The second-order valence-corrected chi connectivity index (χ2v) is 7.56. The first-order valence-corrected chi connectivity index (χ1v) is 10.2. The van der Waals surface area contributed by atoms with E-state index in [1.54, 1.807) is 0 Å². The monoisotopic (exact) mass is 414 g/mol. The van der Waals surface area contributed by atoms with Gasteiger partial charge < -0.3 is 10.1 Å². The van der Waals surface area contributed by atoms with Crippen LogP contribution in [0.25, 0.3) is 5.57 Å². The Morgan fingerprint density at radius 1 is 1.00 bits per heavy atom. The molecule has 0 bridgehead atoms. The topological polar surface area (TPSA) is 50.4 Å². The number of hydrogen-bond donors (Lipinski definition) is 2. The number of fused-ring (bicyclic) bond motifs is 1. The minimum Gasteiger partial charge on any atom is -0.489 e. The Balaban J connectivity index is 1.35. The van der Waals surface area contributed by atoms with Crippen LogP contribution in [0.3, 0.4) is 0 Å². The molecule has 0 heterocycles. The van der Waals surface area contributed by atoms with Crippen LogP contribution in [0.5, 0.6) is 5.75 Å².